The number of aromatic nitrogens is 2. The minimum atomic E-state index is -0.615. The average Bonchev–Trinajstić information content (AvgIpc) is 2.39. The minimum Gasteiger partial charge on any atom is -0.399 e. The zero-order valence-electron chi connectivity index (χ0n) is 10.5. The summed E-state index contributed by atoms with van der Waals surface area (Å²) in [4.78, 5) is 19.3. The molecule has 1 aromatic heterocycles. The molecule has 0 spiro atoms. The summed E-state index contributed by atoms with van der Waals surface area (Å²) < 4.78 is 0. The standard InChI is InChI=1S/C13H15N5O/c1-8(9-3-2-4-10(14)7-9)18-13-11(12(15)19)16-5-6-17-13/h2-8H,14H2,1H3,(H2,15,19)(H,17,18). The number of benzene rings is 1. The van der Waals surface area contributed by atoms with Gasteiger partial charge in [0.15, 0.2) is 11.5 Å². The number of anilines is 2. The van der Waals surface area contributed by atoms with Crippen LogP contribution in [-0.4, -0.2) is 15.9 Å². The van der Waals surface area contributed by atoms with Gasteiger partial charge in [-0.3, -0.25) is 4.79 Å². The highest BCUT2D eigenvalue weighted by Gasteiger charge is 2.13. The van der Waals surface area contributed by atoms with Crippen LogP contribution in [0.5, 0.6) is 0 Å². The maximum atomic E-state index is 11.3. The van der Waals surface area contributed by atoms with Crippen molar-refractivity contribution in [3.8, 4) is 0 Å². The van der Waals surface area contributed by atoms with Crippen molar-refractivity contribution in [1.29, 1.82) is 0 Å². The fourth-order valence-electron chi connectivity index (χ4n) is 1.74. The molecule has 98 valence electrons. The third-order valence-corrected chi connectivity index (χ3v) is 2.70. The maximum Gasteiger partial charge on any atom is 0.271 e. The highest BCUT2D eigenvalue weighted by Crippen LogP contribution is 2.20. The smallest absolute Gasteiger partial charge is 0.271 e. The van der Waals surface area contributed by atoms with Gasteiger partial charge in [0.25, 0.3) is 5.91 Å². The number of nitrogens with zero attached hydrogens (tertiary/aromatic N) is 2. The van der Waals surface area contributed by atoms with Gasteiger partial charge < -0.3 is 16.8 Å². The van der Waals surface area contributed by atoms with Crippen LogP contribution in [0.25, 0.3) is 0 Å². The summed E-state index contributed by atoms with van der Waals surface area (Å²) in [5, 5.41) is 3.11. The number of carbonyl (C=O) groups is 1. The molecule has 1 aromatic carbocycles. The summed E-state index contributed by atoms with van der Waals surface area (Å²) in [6.07, 6.45) is 2.93. The lowest BCUT2D eigenvalue weighted by molar-refractivity contribution is 0.0996. The van der Waals surface area contributed by atoms with Gasteiger partial charge in [-0.05, 0) is 24.6 Å². The van der Waals surface area contributed by atoms with Gasteiger partial charge in [-0.15, -0.1) is 0 Å². The number of nitrogen functional groups attached to an aromatic ring is 1. The molecule has 6 heteroatoms. The predicted molar refractivity (Wildman–Crippen MR) is 73.4 cm³/mol. The molecule has 0 aliphatic rings. The summed E-state index contributed by atoms with van der Waals surface area (Å²) in [5.74, 6) is -0.250. The molecular weight excluding hydrogens is 242 g/mol. The first kappa shape index (κ1) is 12.8. The van der Waals surface area contributed by atoms with E-state index in [1.807, 2.05) is 31.2 Å². The monoisotopic (exact) mass is 257 g/mol. The van der Waals surface area contributed by atoms with Gasteiger partial charge in [0, 0.05) is 18.1 Å². The maximum absolute atomic E-state index is 11.3. The van der Waals surface area contributed by atoms with E-state index in [0.717, 1.165) is 5.56 Å². The molecule has 2 rings (SSSR count). The van der Waals surface area contributed by atoms with Crippen LogP contribution in [0.15, 0.2) is 36.7 Å². The van der Waals surface area contributed by atoms with Gasteiger partial charge in [-0.1, -0.05) is 12.1 Å². The molecule has 6 nitrogen and oxygen atoms in total. The Kier molecular flexibility index (Phi) is 3.61. The van der Waals surface area contributed by atoms with E-state index in [0.29, 0.717) is 11.5 Å². The Balaban J connectivity index is 2.24. The van der Waals surface area contributed by atoms with E-state index >= 15 is 0 Å². The Morgan fingerprint density at radius 2 is 2.05 bits per heavy atom. The fraction of sp³-hybridized carbons (Fsp3) is 0.154. The summed E-state index contributed by atoms with van der Waals surface area (Å²) in [6.45, 7) is 1.94. The average molecular weight is 257 g/mol. The molecule has 1 amide bonds. The number of nitrogens with one attached hydrogen (secondary N) is 1. The van der Waals surface area contributed by atoms with Crippen LogP contribution in [0.1, 0.15) is 29.0 Å². The van der Waals surface area contributed by atoms with E-state index in [-0.39, 0.29) is 11.7 Å². The second-order valence-corrected chi connectivity index (χ2v) is 4.15. The topological polar surface area (TPSA) is 107 Å². The fourth-order valence-corrected chi connectivity index (χ4v) is 1.74. The summed E-state index contributed by atoms with van der Waals surface area (Å²) in [7, 11) is 0. The zero-order valence-corrected chi connectivity index (χ0v) is 10.5. The summed E-state index contributed by atoms with van der Waals surface area (Å²) >= 11 is 0. The highest BCUT2D eigenvalue weighted by atomic mass is 16.1. The molecule has 1 atom stereocenters. The van der Waals surface area contributed by atoms with Gasteiger partial charge in [-0.25, -0.2) is 9.97 Å². The Morgan fingerprint density at radius 1 is 1.32 bits per heavy atom. The molecule has 1 heterocycles. The van der Waals surface area contributed by atoms with E-state index in [1.165, 1.54) is 12.4 Å². The molecular formula is C13H15N5O. The molecule has 0 bridgehead atoms. The largest absolute Gasteiger partial charge is 0.399 e. The van der Waals surface area contributed by atoms with Crippen molar-refractivity contribution in [3.63, 3.8) is 0 Å². The highest BCUT2D eigenvalue weighted by molar-refractivity contribution is 5.95. The van der Waals surface area contributed by atoms with Crippen molar-refractivity contribution in [1.82, 2.24) is 9.97 Å². The third kappa shape index (κ3) is 2.98. The third-order valence-electron chi connectivity index (χ3n) is 2.70. The first-order valence-corrected chi connectivity index (χ1v) is 5.80. The number of primary amides is 1. The van der Waals surface area contributed by atoms with Crippen molar-refractivity contribution in [2.24, 2.45) is 5.73 Å². The predicted octanol–water partition coefficient (Wildman–Crippen LogP) is 1.33. The van der Waals surface area contributed by atoms with Crippen molar-refractivity contribution in [2.45, 2.75) is 13.0 Å². The molecule has 0 saturated heterocycles. The van der Waals surface area contributed by atoms with E-state index in [4.69, 9.17) is 11.5 Å². The van der Waals surface area contributed by atoms with Crippen molar-refractivity contribution >= 4 is 17.4 Å². The van der Waals surface area contributed by atoms with Crippen LogP contribution in [0.2, 0.25) is 0 Å². The molecule has 0 aliphatic carbocycles. The molecule has 5 N–H and O–H groups in total. The van der Waals surface area contributed by atoms with Crippen molar-refractivity contribution in [2.75, 3.05) is 11.1 Å². The van der Waals surface area contributed by atoms with Crippen LogP contribution in [0.4, 0.5) is 11.5 Å². The van der Waals surface area contributed by atoms with E-state index in [9.17, 15) is 4.79 Å². The van der Waals surface area contributed by atoms with E-state index in [2.05, 4.69) is 15.3 Å². The molecule has 1 unspecified atom stereocenters. The van der Waals surface area contributed by atoms with Crippen molar-refractivity contribution < 1.29 is 4.79 Å². The van der Waals surface area contributed by atoms with E-state index < -0.39 is 5.91 Å². The summed E-state index contributed by atoms with van der Waals surface area (Å²) in [5.41, 5.74) is 12.8. The van der Waals surface area contributed by atoms with Gasteiger partial charge in [0.1, 0.15) is 0 Å². The molecule has 0 aliphatic heterocycles. The number of carbonyl (C=O) groups excluding carboxylic acids is 1. The normalized spacial score (nSPS) is 11.8. The van der Waals surface area contributed by atoms with Gasteiger partial charge in [-0.2, -0.15) is 0 Å². The van der Waals surface area contributed by atoms with Gasteiger partial charge >= 0.3 is 0 Å². The quantitative estimate of drug-likeness (QED) is 0.716. The zero-order chi connectivity index (χ0) is 13.8. The number of amides is 1. The Morgan fingerprint density at radius 3 is 2.74 bits per heavy atom. The molecule has 2 aromatic rings. The SMILES string of the molecule is CC(Nc1nccnc1C(N)=O)c1cccc(N)c1. The lowest BCUT2D eigenvalue weighted by Crippen LogP contribution is -2.18. The van der Waals surface area contributed by atoms with Crippen LogP contribution < -0.4 is 16.8 Å². The second kappa shape index (κ2) is 5.34. The molecule has 0 saturated carbocycles. The first-order chi connectivity index (χ1) is 9.08. The Labute approximate surface area is 110 Å². The van der Waals surface area contributed by atoms with E-state index in [1.54, 1.807) is 0 Å². The molecule has 0 radical (unpaired) electrons. The minimum absolute atomic E-state index is 0.0710. The Hall–Kier alpha value is -2.63. The number of hydrogen-bond acceptors (Lipinski definition) is 5. The molecule has 0 fully saturated rings. The second-order valence-electron chi connectivity index (χ2n) is 4.15. The van der Waals surface area contributed by atoms with Crippen LogP contribution >= 0.6 is 0 Å². The van der Waals surface area contributed by atoms with Gasteiger partial charge in [0.2, 0.25) is 0 Å². The number of nitrogens with two attached hydrogens (primary N) is 2. The van der Waals surface area contributed by atoms with Gasteiger partial charge in [0.05, 0.1) is 6.04 Å². The van der Waals surface area contributed by atoms with Crippen LogP contribution in [-0.2, 0) is 0 Å². The number of rotatable bonds is 4. The van der Waals surface area contributed by atoms with Crippen molar-refractivity contribution in [3.05, 3.63) is 47.9 Å². The lowest BCUT2D eigenvalue weighted by atomic mass is 10.1. The first-order valence-electron chi connectivity index (χ1n) is 5.80. The lowest BCUT2D eigenvalue weighted by Gasteiger charge is -2.16. The number of hydrogen-bond donors (Lipinski definition) is 3. The van der Waals surface area contributed by atoms with Crippen LogP contribution in [0, 0.1) is 0 Å². The summed E-state index contributed by atoms with van der Waals surface area (Å²) in [6, 6.07) is 7.41. The van der Waals surface area contributed by atoms with Crippen LogP contribution in [0.3, 0.4) is 0 Å². The Bertz CT molecular complexity index is 599. The molecule has 19 heavy (non-hydrogen) atoms.